The Bertz CT molecular complexity index is 645. The van der Waals surface area contributed by atoms with Crippen LogP contribution < -0.4 is 0 Å². The van der Waals surface area contributed by atoms with Crippen molar-refractivity contribution in [2.24, 2.45) is 0 Å². The highest BCUT2D eigenvalue weighted by Gasteiger charge is 2.38. The predicted octanol–water partition coefficient (Wildman–Crippen LogP) is 8.86. The summed E-state index contributed by atoms with van der Waals surface area (Å²) in [6.45, 7) is 32.3. The van der Waals surface area contributed by atoms with Crippen LogP contribution in [0.3, 0.4) is 0 Å². The average Bonchev–Trinajstić information content (AvgIpc) is 2.65. The van der Waals surface area contributed by atoms with Crippen molar-refractivity contribution in [3.63, 3.8) is 0 Å². The molecule has 0 bridgehead atoms. The molecule has 0 aromatic heterocycles. The van der Waals surface area contributed by atoms with Crippen molar-refractivity contribution in [2.45, 2.75) is 135 Å². The predicted molar refractivity (Wildman–Crippen MR) is 164 cm³/mol. The SMILES string of the molecule is C=C(C)C(=O)OCCC[Si](C)(C)O[Si](C)(C)CC[Si](C)(C)O[Si](C)(C)CC[Si](C)(C)CCCC. The number of carbonyl (C=O) groups is 1. The van der Waals surface area contributed by atoms with Crippen LogP contribution in [0.4, 0.5) is 0 Å². The molecule has 0 rings (SSSR count). The number of unbranched alkanes of at least 4 members (excludes halogenated alkanes) is 1. The molecule has 0 N–H and O–H groups in total. The minimum atomic E-state index is -1.79. The van der Waals surface area contributed by atoms with Crippen molar-refractivity contribution in [1.29, 1.82) is 0 Å². The monoisotopic (exact) mass is 562 g/mol. The first-order chi connectivity index (χ1) is 15.2. The van der Waals surface area contributed by atoms with Gasteiger partial charge in [-0.3, -0.25) is 0 Å². The van der Waals surface area contributed by atoms with E-state index in [0.29, 0.717) is 12.2 Å². The first-order valence-electron chi connectivity index (χ1n) is 13.4. The van der Waals surface area contributed by atoms with Gasteiger partial charge >= 0.3 is 5.97 Å². The van der Waals surface area contributed by atoms with Crippen LogP contribution in [-0.4, -0.2) is 53.9 Å². The Morgan fingerprint density at radius 1 is 0.647 bits per heavy atom. The summed E-state index contributed by atoms with van der Waals surface area (Å²) in [5.41, 5.74) is 0.462. The molecule has 0 atom stereocenters. The van der Waals surface area contributed by atoms with Crippen LogP contribution in [0, 0.1) is 0 Å². The van der Waals surface area contributed by atoms with Gasteiger partial charge in [-0.2, -0.15) is 0 Å². The number of hydrogen-bond acceptors (Lipinski definition) is 4. The summed E-state index contributed by atoms with van der Waals surface area (Å²) in [6.07, 6.45) is 3.57. The standard InChI is InChI=1S/C25H58O4Si5/c1-14-15-18-30(4,5)20-21-32(8,9)29-34(12,13)23-22-33(10,11)28-31(6,7)19-16-17-27-25(26)24(2)3/h2,14-23H2,1,3-13H3. The van der Waals surface area contributed by atoms with E-state index in [2.05, 4.69) is 79.0 Å². The lowest BCUT2D eigenvalue weighted by atomic mass is 10.4. The van der Waals surface area contributed by atoms with Gasteiger partial charge in [0.15, 0.2) is 33.3 Å². The van der Waals surface area contributed by atoms with Gasteiger partial charge in [0.1, 0.15) is 0 Å². The van der Waals surface area contributed by atoms with Gasteiger partial charge in [-0.1, -0.05) is 51.5 Å². The molecule has 0 amide bonds. The van der Waals surface area contributed by atoms with Crippen LogP contribution in [0.2, 0.25) is 102 Å². The third-order valence-corrected chi connectivity index (χ3v) is 25.6. The zero-order valence-electron chi connectivity index (χ0n) is 24.9. The van der Waals surface area contributed by atoms with Gasteiger partial charge in [0.2, 0.25) is 0 Å². The van der Waals surface area contributed by atoms with Crippen LogP contribution in [-0.2, 0) is 17.8 Å². The van der Waals surface area contributed by atoms with E-state index in [1.807, 2.05) is 0 Å². The van der Waals surface area contributed by atoms with E-state index in [9.17, 15) is 4.79 Å². The van der Waals surface area contributed by atoms with Crippen molar-refractivity contribution in [3.8, 4) is 0 Å². The zero-order chi connectivity index (χ0) is 26.8. The van der Waals surface area contributed by atoms with Crippen molar-refractivity contribution < 1.29 is 17.8 Å². The van der Waals surface area contributed by atoms with Crippen LogP contribution in [0.15, 0.2) is 12.2 Å². The average molecular weight is 563 g/mol. The van der Waals surface area contributed by atoms with Crippen LogP contribution in [0.1, 0.15) is 33.1 Å². The maximum Gasteiger partial charge on any atom is 0.333 e. The summed E-state index contributed by atoms with van der Waals surface area (Å²) >= 11 is 0. The molecule has 0 unspecified atom stereocenters. The van der Waals surface area contributed by atoms with E-state index >= 15 is 0 Å². The Kier molecular flexibility index (Phi) is 14.3. The molecule has 0 heterocycles. The molecule has 9 heteroatoms. The molecular weight excluding hydrogens is 505 g/mol. The fourth-order valence-electron chi connectivity index (χ4n) is 4.51. The normalized spacial score (nSPS) is 13.8. The summed E-state index contributed by atoms with van der Waals surface area (Å²) in [7, 11) is -8.00. The molecule has 34 heavy (non-hydrogen) atoms. The number of rotatable bonds is 18. The van der Waals surface area contributed by atoms with Crippen LogP contribution >= 0.6 is 0 Å². The van der Waals surface area contributed by atoms with Crippen molar-refractivity contribution >= 4 is 47.3 Å². The number of carbonyl (C=O) groups excluding carboxylic acids is 1. The molecule has 0 saturated carbocycles. The molecule has 0 aliphatic rings. The third-order valence-electron chi connectivity index (χ3n) is 6.55. The Morgan fingerprint density at radius 3 is 1.47 bits per heavy atom. The fourth-order valence-corrected chi connectivity index (χ4v) is 30.6. The van der Waals surface area contributed by atoms with E-state index in [4.69, 9.17) is 13.0 Å². The van der Waals surface area contributed by atoms with E-state index in [1.165, 1.54) is 43.1 Å². The second kappa shape index (κ2) is 14.2. The van der Waals surface area contributed by atoms with E-state index in [0.717, 1.165) is 12.5 Å². The van der Waals surface area contributed by atoms with Crippen molar-refractivity contribution in [3.05, 3.63) is 12.2 Å². The van der Waals surface area contributed by atoms with Gasteiger partial charge in [0, 0.05) is 13.6 Å². The second-order valence-corrected chi connectivity index (χ2v) is 36.6. The molecule has 0 radical (unpaired) electrons. The Labute approximate surface area is 218 Å². The molecule has 0 aliphatic carbocycles. The van der Waals surface area contributed by atoms with E-state index in [-0.39, 0.29) is 5.97 Å². The van der Waals surface area contributed by atoms with Gasteiger partial charge < -0.3 is 13.0 Å². The number of hydrogen-bond donors (Lipinski definition) is 0. The molecule has 0 aromatic rings. The molecule has 0 spiro atoms. The summed E-state index contributed by atoms with van der Waals surface area (Å²) in [5, 5.41) is 0. The molecule has 0 saturated heterocycles. The smallest absolute Gasteiger partial charge is 0.333 e. The highest BCUT2D eigenvalue weighted by molar-refractivity contribution is 6.88. The van der Waals surface area contributed by atoms with Crippen LogP contribution in [0.25, 0.3) is 0 Å². The molecule has 4 nitrogen and oxygen atoms in total. The summed E-state index contributed by atoms with van der Waals surface area (Å²) in [6, 6.07) is 7.58. The third kappa shape index (κ3) is 16.8. The highest BCUT2D eigenvalue weighted by Crippen LogP contribution is 2.31. The lowest BCUT2D eigenvalue weighted by Crippen LogP contribution is -2.48. The maximum atomic E-state index is 11.6. The number of esters is 1. The topological polar surface area (TPSA) is 44.8 Å². The van der Waals surface area contributed by atoms with E-state index in [1.54, 1.807) is 6.92 Å². The Hall–Kier alpha value is 0.214. The molecule has 0 aromatic carbocycles. The number of ether oxygens (including phenoxy) is 1. The van der Waals surface area contributed by atoms with E-state index < -0.39 is 41.3 Å². The van der Waals surface area contributed by atoms with Crippen LogP contribution in [0.5, 0.6) is 0 Å². The summed E-state index contributed by atoms with van der Waals surface area (Å²) in [5.74, 6) is -0.291. The summed E-state index contributed by atoms with van der Waals surface area (Å²) in [4.78, 5) is 11.6. The zero-order valence-corrected chi connectivity index (χ0v) is 29.9. The van der Waals surface area contributed by atoms with Gasteiger partial charge in [0.25, 0.3) is 0 Å². The van der Waals surface area contributed by atoms with Gasteiger partial charge in [0.05, 0.1) is 6.61 Å². The molecule has 0 aliphatic heterocycles. The fraction of sp³-hybridized carbons (Fsp3) is 0.880. The Balaban J connectivity index is 4.66. The minimum Gasteiger partial charge on any atom is -0.462 e. The maximum absolute atomic E-state index is 11.6. The van der Waals surface area contributed by atoms with Crippen molar-refractivity contribution in [1.82, 2.24) is 0 Å². The lowest BCUT2D eigenvalue weighted by Gasteiger charge is -2.39. The van der Waals surface area contributed by atoms with Gasteiger partial charge in [-0.15, -0.1) is 0 Å². The second-order valence-electron chi connectivity index (χ2n) is 13.5. The molecular formula is C25H58O4Si5. The summed E-state index contributed by atoms with van der Waals surface area (Å²) < 4.78 is 19.1. The van der Waals surface area contributed by atoms with Crippen molar-refractivity contribution in [2.75, 3.05) is 6.61 Å². The highest BCUT2D eigenvalue weighted by atomic mass is 28.4. The minimum absolute atomic E-state index is 0.291. The first-order valence-corrected chi connectivity index (χ1v) is 29.3. The van der Waals surface area contributed by atoms with Gasteiger partial charge in [-0.25, -0.2) is 4.79 Å². The molecule has 202 valence electrons. The van der Waals surface area contributed by atoms with Gasteiger partial charge in [-0.05, 0) is 89.9 Å². The first kappa shape index (κ1) is 34.2. The lowest BCUT2D eigenvalue weighted by molar-refractivity contribution is -0.138. The Morgan fingerprint density at radius 2 is 1.06 bits per heavy atom. The largest absolute Gasteiger partial charge is 0.462 e. The molecule has 0 fully saturated rings. The quantitative estimate of drug-likeness (QED) is 0.0724.